The summed E-state index contributed by atoms with van der Waals surface area (Å²) in [6.45, 7) is 12.5. The summed E-state index contributed by atoms with van der Waals surface area (Å²) >= 11 is 0. The number of rotatable bonds is 6. The number of nitrogens with zero attached hydrogens (tertiary/aromatic N) is 2. The molecule has 14 heavy (non-hydrogen) atoms. The van der Waals surface area contributed by atoms with Gasteiger partial charge >= 0.3 is 0 Å². The van der Waals surface area contributed by atoms with Crippen LogP contribution in [0.3, 0.4) is 0 Å². The Hall–Kier alpha value is -0.860. The Kier molecular flexibility index (Phi) is 7.07. The molecule has 82 valence electrons. The Balaban J connectivity index is 3.73. The van der Waals surface area contributed by atoms with E-state index in [0.29, 0.717) is 5.90 Å². The van der Waals surface area contributed by atoms with Crippen molar-refractivity contribution in [2.24, 2.45) is 22.0 Å². The number of hydrogen-bond donors (Lipinski definition) is 0. The molecule has 3 nitrogen and oxygen atoms in total. The highest BCUT2D eigenvalue weighted by atomic mass is 16.5. The molecule has 0 unspecified atom stereocenters. The standard InChI is InChI=1S/C11H22N2O/c1-9(2)7-6-8-14-11(10(3)4)13-12-5/h9-10H,5-8H2,1-4H3/b13-11-. The summed E-state index contributed by atoms with van der Waals surface area (Å²) in [4.78, 5) is 0. The maximum absolute atomic E-state index is 5.51. The van der Waals surface area contributed by atoms with Gasteiger partial charge in [-0.25, -0.2) is 0 Å². The fourth-order valence-electron chi connectivity index (χ4n) is 1.05. The second-order valence-corrected chi connectivity index (χ2v) is 4.12. The molecule has 0 saturated carbocycles. The van der Waals surface area contributed by atoms with Crippen molar-refractivity contribution in [2.75, 3.05) is 6.61 Å². The number of hydrogen-bond acceptors (Lipinski definition) is 3. The quantitative estimate of drug-likeness (QED) is 0.279. The minimum atomic E-state index is 0.277. The van der Waals surface area contributed by atoms with Crippen LogP contribution in [0.4, 0.5) is 0 Å². The van der Waals surface area contributed by atoms with Crippen molar-refractivity contribution in [1.29, 1.82) is 0 Å². The second-order valence-electron chi connectivity index (χ2n) is 4.12. The van der Waals surface area contributed by atoms with E-state index in [2.05, 4.69) is 30.8 Å². The van der Waals surface area contributed by atoms with E-state index in [0.717, 1.165) is 18.9 Å². The van der Waals surface area contributed by atoms with Gasteiger partial charge in [0, 0.05) is 12.6 Å². The van der Waals surface area contributed by atoms with Crippen molar-refractivity contribution in [3.63, 3.8) is 0 Å². The van der Waals surface area contributed by atoms with E-state index in [1.165, 1.54) is 6.42 Å². The molecule has 0 aromatic heterocycles. The van der Waals surface area contributed by atoms with Crippen LogP contribution in [-0.2, 0) is 4.74 Å². The van der Waals surface area contributed by atoms with Crippen LogP contribution in [0.1, 0.15) is 40.5 Å². The summed E-state index contributed by atoms with van der Waals surface area (Å²) in [5, 5.41) is 7.33. The van der Waals surface area contributed by atoms with Crippen LogP contribution < -0.4 is 0 Å². The molecular formula is C11H22N2O. The molecule has 0 bridgehead atoms. The molecule has 0 aromatic carbocycles. The highest BCUT2D eigenvalue weighted by molar-refractivity contribution is 5.78. The van der Waals surface area contributed by atoms with E-state index in [4.69, 9.17) is 4.74 Å². The lowest BCUT2D eigenvalue weighted by Crippen LogP contribution is -2.13. The Labute approximate surface area is 87.3 Å². The van der Waals surface area contributed by atoms with Crippen LogP contribution in [0.2, 0.25) is 0 Å². The second kappa shape index (κ2) is 7.54. The minimum absolute atomic E-state index is 0.277. The molecule has 0 rings (SSSR count). The van der Waals surface area contributed by atoms with Crippen molar-refractivity contribution in [2.45, 2.75) is 40.5 Å². The molecule has 0 heterocycles. The van der Waals surface area contributed by atoms with E-state index >= 15 is 0 Å². The Morgan fingerprint density at radius 1 is 1.29 bits per heavy atom. The molecule has 0 radical (unpaired) electrons. The van der Waals surface area contributed by atoms with Crippen LogP contribution in [0.15, 0.2) is 10.2 Å². The molecule has 0 amide bonds. The monoisotopic (exact) mass is 198 g/mol. The van der Waals surface area contributed by atoms with E-state index < -0.39 is 0 Å². The summed E-state index contributed by atoms with van der Waals surface area (Å²) in [5.74, 6) is 1.69. The third kappa shape index (κ3) is 6.63. The van der Waals surface area contributed by atoms with Crippen LogP contribution in [0.25, 0.3) is 0 Å². The first-order chi connectivity index (χ1) is 6.57. The summed E-state index contributed by atoms with van der Waals surface area (Å²) in [5.41, 5.74) is 0. The van der Waals surface area contributed by atoms with Crippen molar-refractivity contribution >= 4 is 12.6 Å². The topological polar surface area (TPSA) is 34.0 Å². The van der Waals surface area contributed by atoms with Crippen LogP contribution in [0.5, 0.6) is 0 Å². The highest BCUT2D eigenvalue weighted by Crippen LogP contribution is 2.05. The molecule has 0 N–H and O–H groups in total. The molecule has 0 aliphatic rings. The fourth-order valence-corrected chi connectivity index (χ4v) is 1.05. The highest BCUT2D eigenvalue weighted by Gasteiger charge is 2.06. The average molecular weight is 198 g/mol. The minimum Gasteiger partial charge on any atom is -0.479 e. The van der Waals surface area contributed by atoms with Gasteiger partial charge in [-0.15, -0.1) is 5.10 Å². The summed E-state index contributed by atoms with van der Waals surface area (Å²) in [7, 11) is 0. The smallest absolute Gasteiger partial charge is 0.211 e. The molecule has 0 aliphatic heterocycles. The first kappa shape index (κ1) is 13.1. The van der Waals surface area contributed by atoms with Gasteiger partial charge < -0.3 is 4.74 Å². The third-order valence-electron chi connectivity index (χ3n) is 1.84. The molecule has 0 aromatic rings. The van der Waals surface area contributed by atoms with Gasteiger partial charge in [-0.1, -0.05) is 27.7 Å². The number of ether oxygens (including phenoxy) is 1. The van der Waals surface area contributed by atoms with E-state index in [1.807, 2.05) is 13.8 Å². The van der Waals surface area contributed by atoms with Crippen molar-refractivity contribution < 1.29 is 4.74 Å². The molecule has 0 spiro atoms. The normalized spacial score (nSPS) is 12.3. The van der Waals surface area contributed by atoms with Crippen LogP contribution in [0, 0.1) is 11.8 Å². The zero-order valence-corrected chi connectivity index (χ0v) is 9.79. The van der Waals surface area contributed by atoms with Crippen LogP contribution >= 0.6 is 0 Å². The predicted octanol–water partition coefficient (Wildman–Crippen LogP) is 3.11. The Morgan fingerprint density at radius 3 is 2.36 bits per heavy atom. The maximum Gasteiger partial charge on any atom is 0.211 e. The third-order valence-corrected chi connectivity index (χ3v) is 1.84. The predicted molar refractivity (Wildman–Crippen MR) is 61.8 cm³/mol. The first-order valence-electron chi connectivity index (χ1n) is 5.24. The maximum atomic E-state index is 5.51. The van der Waals surface area contributed by atoms with E-state index in [-0.39, 0.29) is 5.92 Å². The Bertz CT molecular complexity index is 186. The summed E-state index contributed by atoms with van der Waals surface area (Å²) in [6, 6.07) is 0. The zero-order chi connectivity index (χ0) is 11.0. The molecule has 0 atom stereocenters. The van der Waals surface area contributed by atoms with Gasteiger partial charge in [-0.2, -0.15) is 5.10 Å². The van der Waals surface area contributed by atoms with E-state index in [9.17, 15) is 0 Å². The van der Waals surface area contributed by atoms with Crippen molar-refractivity contribution in [3.05, 3.63) is 0 Å². The van der Waals surface area contributed by atoms with Crippen molar-refractivity contribution in [1.82, 2.24) is 0 Å². The average Bonchev–Trinajstić information content (AvgIpc) is 2.09. The SMILES string of the molecule is C=N/N=C(\OCCCC(C)C)C(C)C. The van der Waals surface area contributed by atoms with Gasteiger partial charge in [0.25, 0.3) is 0 Å². The lowest BCUT2D eigenvalue weighted by Gasteiger charge is -2.11. The van der Waals surface area contributed by atoms with Gasteiger partial charge in [0.1, 0.15) is 0 Å². The van der Waals surface area contributed by atoms with Gasteiger partial charge in [0.05, 0.1) is 6.61 Å². The molecule has 0 saturated heterocycles. The largest absolute Gasteiger partial charge is 0.479 e. The van der Waals surface area contributed by atoms with E-state index in [1.54, 1.807) is 0 Å². The molecular weight excluding hydrogens is 176 g/mol. The van der Waals surface area contributed by atoms with Gasteiger partial charge in [-0.05, 0) is 18.8 Å². The molecule has 0 fully saturated rings. The van der Waals surface area contributed by atoms with Gasteiger partial charge in [0.2, 0.25) is 5.90 Å². The first-order valence-corrected chi connectivity index (χ1v) is 5.24. The summed E-state index contributed by atoms with van der Waals surface area (Å²) in [6.07, 6.45) is 2.26. The fraction of sp³-hybridized carbons (Fsp3) is 0.818. The summed E-state index contributed by atoms with van der Waals surface area (Å²) < 4.78 is 5.51. The van der Waals surface area contributed by atoms with Crippen molar-refractivity contribution in [3.8, 4) is 0 Å². The lowest BCUT2D eigenvalue weighted by molar-refractivity contribution is 0.268. The zero-order valence-electron chi connectivity index (χ0n) is 9.79. The van der Waals surface area contributed by atoms with Gasteiger partial charge in [0.15, 0.2) is 0 Å². The molecule has 0 aliphatic carbocycles. The van der Waals surface area contributed by atoms with Crippen LogP contribution in [-0.4, -0.2) is 19.2 Å². The molecule has 3 heteroatoms. The van der Waals surface area contributed by atoms with Gasteiger partial charge in [-0.3, -0.25) is 0 Å². The Morgan fingerprint density at radius 2 is 1.93 bits per heavy atom. The lowest BCUT2D eigenvalue weighted by atomic mass is 10.1.